The highest BCUT2D eigenvalue weighted by Gasteiger charge is 2.21. The Balaban J connectivity index is 1.52. The average molecular weight is 348 g/mol. The number of piperidine rings is 1. The topological polar surface area (TPSA) is 78.4 Å². The Morgan fingerprint density at radius 1 is 1.08 bits per heavy atom. The van der Waals surface area contributed by atoms with E-state index in [-0.39, 0.29) is 11.6 Å². The smallest absolute Gasteiger partial charge is 0.335 e. The lowest BCUT2D eigenvalue weighted by Crippen LogP contribution is -2.39. The standard InChI is InChI=1S/C20H20N4O2/c25-20(26)15-12-14-4-3-9-22-19(14)17(13-15)23-16-6-10-24(11-7-16)18-5-1-2-8-21-18/h1-5,8-9,12-13,16,23H,6-7,10-11H2,(H,25,26). The Bertz CT molecular complexity index is 922. The van der Waals surface area contributed by atoms with Gasteiger partial charge in [-0.3, -0.25) is 4.98 Å². The second-order valence-corrected chi connectivity index (χ2v) is 6.50. The Morgan fingerprint density at radius 2 is 1.88 bits per heavy atom. The maximum absolute atomic E-state index is 11.4. The van der Waals surface area contributed by atoms with E-state index in [0.717, 1.165) is 48.3 Å². The number of benzene rings is 1. The predicted molar refractivity (Wildman–Crippen MR) is 102 cm³/mol. The first-order chi connectivity index (χ1) is 12.7. The van der Waals surface area contributed by atoms with Crippen LogP contribution < -0.4 is 10.2 Å². The molecule has 2 aromatic heterocycles. The number of hydrogen-bond acceptors (Lipinski definition) is 5. The number of hydrogen-bond donors (Lipinski definition) is 2. The van der Waals surface area contributed by atoms with E-state index in [4.69, 9.17) is 0 Å². The van der Waals surface area contributed by atoms with Gasteiger partial charge in [-0.05, 0) is 43.2 Å². The van der Waals surface area contributed by atoms with E-state index in [2.05, 4.69) is 20.2 Å². The lowest BCUT2D eigenvalue weighted by atomic mass is 10.0. The molecule has 1 aromatic carbocycles. The Labute approximate surface area is 151 Å². The van der Waals surface area contributed by atoms with Crippen LogP contribution in [0.3, 0.4) is 0 Å². The molecular formula is C20H20N4O2. The Kier molecular flexibility index (Phi) is 4.39. The number of carbonyl (C=O) groups is 1. The zero-order valence-corrected chi connectivity index (χ0v) is 14.3. The van der Waals surface area contributed by atoms with Crippen molar-refractivity contribution in [1.82, 2.24) is 9.97 Å². The van der Waals surface area contributed by atoms with E-state index in [1.54, 1.807) is 18.3 Å². The fourth-order valence-electron chi connectivity index (χ4n) is 3.44. The second kappa shape index (κ2) is 7.00. The van der Waals surface area contributed by atoms with Gasteiger partial charge < -0.3 is 15.3 Å². The van der Waals surface area contributed by atoms with Gasteiger partial charge in [-0.1, -0.05) is 12.1 Å². The summed E-state index contributed by atoms with van der Waals surface area (Å²) in [7, 11) is 0. The van der Waals surface area contributed by atoms with E-state index in [1.807, 2.05) is 36.5 Å². The molecule has 0 unspecified atom stereocenters. The summed E-state index contributed by atoms with van der Waals surface area (Å²) in [6.07, 6.45) is 5.47. The maximum atomic E-state index is 11.4. The molecule has 132 valence electrons. The van der Waals surface area contributed by atoms with Gasteiger partial charge in [0.1, 0.15) is 5.82 Å². The van der Waals surface area contributed by atoms with E-state index in [9.17, 15) is 9.90 Å². The van der Waals surface area contributed by atoms with Gasteiger partial charge in [-0.25, -0.2) is 9.78 Å². The van der Waals surface area contributed by atoms with E-state index >= 15 is 0 Å². The molecule has 0 atom stereocenters. The van der Waals surface area contributed by atoms with Crippen LogP contribution in [-0.4, -0.2) is 40.2 Å². The third-order valence-corrected chi connectivity index (χ3v) is 4.78. The van der Waals surface area contributed by atoms with Gasteiger partial charge in [-0.15, -0.1) is 0 Å². The van der Waals surface area contributed by atoms with E-state index < -0.39 is 5.97 Å². The fraction of sp³-hybridized carbons (Fsp3) is 0.250. The summed E-state index contributed by atoms with van der Waals surface area (Å²) in [5.74, 6) is 0.0784. The summed E-state index contributed by atoms with van der Waals surface area (Å²) in [5.41, 5.74) is 1.88. The van der Waals surface area contributed by atoms with Crippen LogP contribution in [0.15, 0.2) is 54.9 Å². The number of pyridine rings is 2. The largest absolute Gasteiger partial charge is 0.478 e. The SMILES string of the molecule is O=C(O)c1cc(NC2CCN(c3ccccn3)CC2)c2ncccc2c1. The van der Waals surface area contributed by atoms with E-state index in [0.29, 0.717) is 0 Å². The van der Waals surface area contributed by atoms with Crippen molar-refractivity contribution in [1.29, 1.82) is 0 Å². The molecule has 0 bridgehead atoms. The zero-order chi connectivity index (χ0) is 17.9. The van der Waals surface area contributed by atoms with Crippen LogP contribution in [0.2, 0.25) is 0 Å². The number of rotatable bonds is 4. The molecule has 0 aliphatic carbocycles. The molecule has 2 N–H and O–H groups in total. The number of carboxylic acid groups (broad SMARTS) is 1. The van der Waals surface area contributed by atoms with Crippen LogP contribution in [0.5, 0.6) is 0 Å². The van der Waals surface area contributed by atoms with Gasteiger partial charge in [0, 0.05) is 36.9 Å². The second-order valence-electron chi connectivity index (χ2n) is 6.50. The van der Waals surface area contributed by atoms with Crippen molar-refractivity contribution in [2.24, 2.45) is 0 Å². The Morgan fingerprint density at radius 3 is 2.62 bits per heavy atom. The number of carboxylic acids is 1. The van der Waals surface area contributed by atoms with Crippen molar-refractivity contribution >= 4 is 28.4 Å². The van der Waals surface area contributed by atoms with E-state index in [1.165, 1.54) is 0 Å². The molecule has 0 radical (unpaired) electrons. The molecule has 1 aliphatic rings. The van der Waals surface area contributed by atoms with Gasteiger partial charge >= 0.3 is 5.97 Å². The van der Waals surface area contributed by atoms with Crippen LogP contribution in [0, 0.1) is 0 Å². The minimum atomic E-state index is -0.927. The molecule has 0 spiro atoms. The van der Waals surface area contributed by atoms with Crippen molar-refractivity contribution < 1.29 is 9.90 Å². The molecule has 0 saturated carbocycles. The van der Waals surface area contributed by atoms with Crippen LogP contribution in [0.1, 0.15) is 23.2 Å². The number of aromatic carboxylic acids is 1. The average Bonchev–Trinajstić information content (AvgIpc) is 2.69. The highest BCUT2D eigenvalue weighted by molar-refractivity contribution is 5.99. The minimum Gasteiger partial charge on any atom is -0.478 e. The molecule has 3 aromatic rings. The number of anilines is 2. The summed E-state index contributed by atoms with van der Waals surface area (Å²) >= 11 is 0. The summed E-state index contributed by atoms with van der Waals surface area (Å²) in [6, 6.07) is 13.3. The molecule has 6 heteroatoms. The quantitative estimate of drug-likeness (QED) is 0.752. The Hall–Kier alpha value is -3.15. The van der Waals surface area contributed by atoms with Gasteiger partial charge in [-0.2, -0.15) is 0 Å². The molecule has 1 fully saturated rings. The van der Waals surface area contributed by atoms with Gasteiger partial charge in [0.05, 0.1) is 16.8 Å². The summed E-state index contributed by atoms with van der Waals surface area (Å²) < 4.78 is 0. The minimum absolute atomic E-state index is 0.277. The van der Waals surface area contributed by atoms with Crippen molar-refractivity contribution in [3.63, 3.8) is 0 Å². The molecule has 0 amide bonds. The molecule has 3 heterocycles. The van der Waals surface area contributed by atoms with Crippen molar-refractivity contribution in [2.75, 3.05) is 23.3 Å². The molecule has 6 nitrogen and oxygen atoms in total. The molecule has 1 aliphatic heterocycles. The third kappa shape index (κ3) is 3.31. The first-order valence-corrected chi connectivity index (χ1v) is 8.75. The fourth-order valence-corrected chi connectivity index (χ4v) is 3.44. The molecule has 26 heavy (non-hydrogen) atoms. The number of nitrogens with one attached hydrogen (secondary N) is 1. The number of fused-ring (bicyclic) bond motifs is 1. The first kappa shape index (κ1) is 16.3. The van der Waals surface area contributed by atoms with Gasteiger partial charge in [0.2, 0.25) is 0 Å². The third-order valence-electron chi connectivity index (χ3n) is 4.78. The number of aromatic nitrogens is 2. The van der Waals surface area contributed by atoms with Crippen LogP contribution in [0.25, 0.3) is 10.9 Å². The van der Waals surface area contributed by atoms with Gasteiger partial charge in [0.25, 0.3) is 0 Å². The van der Waals surface area contributed by atoms with Gasteiger partial charge in [0.15, 0.2) is 0 Å². The number of nitrogens with zero attached hydrogens (tertiary/aromatic N) is 3. The molecule has 1 saturated heterocycles. The zero-order valence-electron chi connectivity index (χ0n) is 14.3. The summed E-state index contributed by atoms with van der Waals surface area (Å²) in [4.78, 5) is 22.6. The highest BCUT2D eigenvalue weighted by Crippen LogP contribution is 2.27. The monoisotopic (exact) mass is 348 g/mol. The van der Waals surface area contributed by atoms with Crippen molar-refractivity contribution in [3.8, 4) is 0 Å². The highest BCUT2D eigenvalue weighted by atomic mass is 16.4. The lowest BCUT2D eigenvalue weighted by molar-refractivity contribution is 0.0697. The molecular weight excluding hydrogens is 328 g/mol. The lowest BCUT2D eigenvalue weighted by Gasteiger charge is -2.33. The predicted octanol–water partition coefficient (Wildman–Crippen LogP) is 3.41. The first-order valence-electron chi connectivity index (χ1n) is 8.75. The maximum Gasteiger partial charge on any atom is 0.335 e. The van der Waals surface area contributed by atoms with Crippen molar-refractivity contribution in [3.05, 3.63) is 60.4 Å². The van der Waals surface area contributed by atoms with Crippen molar-refractivity contribution in [2.45, 2.75) is 18.9 Å². The normalized spacial score (nSPS) is 15.2. The van der Waals surface area contributed by atoms with Crippen LogP contribution in [0.4, 0.5) is 11.5 Å². The molecule has 4 rings (SSSR count). The summed E-state index contributed by atoms with van der Waals surface area (Å²) in [5, 5.41) is 13.7. The summed E-state index contributed by atoms with van der Waals surface area (Å²) in [6.45, 7) is 1.83. The van der Waals surface area contributed by atoms with Crippen LogP contribution >= 0.6 is 0 Å². The van der Waals surface area contributed by atoms with Crippen LogP contribution in [-0.2, 0) is 0 Å².